The molecule has 7 atom stereocenters. The van der Waals surface area contributed by atoms with Gasteiger partial charge in [-0.1, -0.05) is 62.4 Å². The standard InChI is InChI=1S/C61H88F2N4O15/c1-37(2)33-46(55(73)79-38(3)51(68)66(11)47(35-59(5,6)62)56(74)81-49(54(71)72)22-17-40-13-18-42(19-14-40)44-23-29-77-30-24-44)65(10)53(70)50(34-41-15-20-43(21-16-41)45-25-31-78-32-26-45)82-57(75)48(36-60(7,8)63)67(12)52(69)39(4)80-58(76)61(64-9)27-28-61/h13-16,18-21,37-39,44-50,64H,17,22-36H2,1-12H3,(H,71,72)/t38-,39-,46+,47+,48+,49-,50-/m1/s1. The first kappa shape index (κ1) is 66.7. The fraction of sp³-hybridized carbons (Fsp3) is 0.672. The quantitative estimate of drug-likeness (QED) is 0.0618. The summed E-state index contributed by atoms with van der Waals surface area (Å²) in [5.74, 6) is -7.86. The van der Waals surface area contributed by atoms with Gasteiger partial charge in [0.1, 0.15) is 35.0 Å². The highest BCUT2D eigenvalue weighted by atomic mass is 19.1. The predicted octanol–water partition coefficient (Wildman–Crippen LogP) is 6.98. The van der Waals surface area contributed by atoms with Crippen molar-refractivity contribution in [3.05, 3.63) is 70.8 Å². The molecule has 82 heavy (non-hydrogen) atoms. The molecule has 2 aliphatic heterocycles. The number of nitrogens with zero attached hydrogens (tertiary/aromatic N) is 3. The average Bonchev–Trinajstić information content (AvgIpc) is 4.35. The zero-order valence-corrected chi connectivity index (χ0v) is 50.0. The molecule has 1 aliphatic carbocycles. The van der Waals surface area contributed by atoms with E-state index in [9.17, 15) is 43.5 Å². The lowest BCUT2D eigenvalue weighted by atomic mass is 9.90. The van der Waals surface area contributed by atoms with Crippen LogP contribution in [0.4, 0.5) is 8.78 Å². The highest BCUT2D eigenvalue weighted by Crippen LogP contribution is 2.37. The first-order valence-corrected chi connectivity index (χ1v) is 28.7. The van der Waals surface area contributed by atoms with Crippen LogP contribution in [0.15, 0.2) is 48.5 Å². The number of likely N-dealkylation sites (N-methyl/N-ethyl adjacent to an activating group) is 4. The lowest BCUT2D eigenvalue weighted by Crippen LogP contribution is -2.54. The van der Waals surface area contributed by atoms with Crippen LogP contribution in [-0.2, 0) is 79.6 Å². The van der Waals surface area contributed by atoms with E-state index in [0.717, 1.165) is 57.1 Å². The van der Waals surface area contributed by atoms with Gasteiger partial charge in [-0.3, -0.25) is 19.2 Å². The highest BCUT2D eigenvalue weighted by Gasteiger charge is 2.51. The number of rotatable bonds is 29. The van der Waals surface area contributed by atoms with Crippen LogP contribution >= 0.6 is 0 Å². The van der Waals surface area contributed by atoms with Gasteiger partial charge in [-0.2, -0.15) is 0 Å². The molecule has 0 bridgehead atoms. The second-order valence-corrected chi connectivity index (χ2v) is 24.0. The maximum atomic E-state index is 15.6. The summed E-state index contributed by atoms with van der Waals surface area (Å²) in [5, 5.41) is 13.0. The van der Waals surface area contributed by atoms with Crippen molar-refractivity contribution < 1.29 is 80.7 Å². The van der Waals surface area contributed by atoms with E-state index in [2.05, 4.69) is 5.32 Å². The summed E-state index contributed by atoms with van der Waals surface area (Å²) in [4.78, 5) is 114. The van der Waals surface area contributed by atoms with Crippen molar-refractivity contribution in [2.24, 2.45) is 5.92 Å². The third kappa shape index (κ3) is 19.3. The van der Waals surface area contributed by atoms with Gasteiger partial charge in [-0.05, 0) is 146 Å². The number of ether oxygens (including phenoxy) is 6. The van der Waals surface area contributed by atoms with Gasteiger partial charge in [0.15, 0.2) is 24.4 Å². The Hall–Kier alpha value is -6.06. The Morgan fingerprint density at radius 2 is 1.01 bits per heavy atom. The van der Waals surface area contributed by atoms with Gasteiger partial charge < -0.3 is 53.5 Å². The Balaban J connectivity index is 1.35. The molecule has 3 aliphatic rings. The second kappa shape index (κ2) is 29.5. The third-order valence-electron chi connectivity index (χ3n) is 15.7. The molecule has 2 heterocycles. The van der Waals surface area contributed by atoms with Crippen molar-refractivity contribution in [1.29, 1.82) is 0 Å². The van der Waals surface area contributed by atoms with E-state index in [-0.39, 0.29) is 37.5 Å². The molecule has 1 saturated carbocycles. The number of carboxylic acids is 1. The van der Waals surface area contributed by atoms with Gasteiger partial charge in [0.25, 0.3) is 17.7 Å². The summed E-state index contributed by atoms with van der Waals surface area (Å²) in [7, 11) is 5.32. The van der Waals surface area contributed by atoms with Crippen molar-refractivity contribution in [3.8, 4) is 0 Å². The van der Waals surface area contributed by atoms with Crippen LogP contribution in [0.25, 0.3) is 0 Å². The number of esters is 4. The fourth-order valence-corrected chi connectivity index (χ4v) is 10.4. The summed E-state index contributed by atoms with van der Waals surface area (Å²) in [6.07, 6.45) is -3.28. The van der Waals surface area contributed by atoms with Crippen molar-refractivity contribution in [1.82, 2.24) is 20.0 Å². The number of carbonyl (C=O) groups excluding carboxylic acids is 7. The molecule has 5 rings (SSSR count). The number of carbonyl (C=O) groups is 8. The number of amides is 3. The SMILES string of the molecule is CNC1(C(=O)O[C@H](C)C(=O)N(C)[C@@H](CC(C)(C)F)C(=O)O[C@H](Cc2ccc(C3CCOCC3)cc2)C(=O)N(C)[C@@H](CC(C)C)C(=O)O[C@H](C)C(=O)N(C)[C@@H](CC(C)(C)F)C(=O)O[C@H](CCc2ccc(C3CCOCC3)cc2)C(=O)O)CC1. The first-order chi connectivity index (χ1) is 38.4. The van der Waals surface area contributed by atoms with Crippen molar-refractivity contribution in [2.75, 3.05) is 54.6 Å². The van der Waals surface area contributed by atoms with Crippen LogP contribution in [0, 0.1) is 5.92 Å². The van der Waals surface area contributed by atoms with Crippen molar-refractivity contribution >= 4 is 47.6 Å². The molecule has 2 saturated heterocycles. The number of halogens is 2. The molecule has 456 valence electrons. The maximum absolute atomic E-state index is 15.6. The minimum absolute atomic E-state index is 0.0265. The van der Waals surface area contributed by atoms with Gasteiger partial charge in [-0.15, -0.1) is 0 Å². The molecule has 0 radical (unpaired) electrons. The Kier molecular flexibility index (Phi) is 24.0. The molecule has 19 nitrogen and oxygen atoms in total. The van der Waals surface area contributed by atoms with E-state index in [0.29, 0.717) is 50.8 Å². The molecule has 0 aromatic heterocycles. The molecular weight excluding hydrogens is 1070 g/mol. The molecule has 0 spiro atoms. The Morgan fingerprint density at radius 3 is 1.41 bits per heavy atom. The van der Waals surface area contributed by atoms with E-state index in [1.807, 2.05) is 36.4 Å². The van der Waals surface area contributed by atoms with Crippen LogP contribution in [0.1, 0.15) is 154 Å². The van der Waals surface area contributed by atoms with Gasteiger partial charge in [0.05, 0.1) is 0 Å². The third-order valence-corrected chi connectivity index (χ3v) is 15.7. The zero-order chi connectivity index (χ0) is 60.9. The van der Waals surface area contributed by atoms with E-state index in [1.165, 1.54) is 62.7 Å². The number of carboxylic acid groups (broad SMARTS) is 1. The summed E-state index contributed by atoms with van der Waals surface area (Å²) in [6.45, 7) is 13.5. The molecule has 21 heteroatoms. The van der Waals surface area contributed by atoms with Gasteiger partial charge in [0, 0.05) is 66.8 Å². The number of hydrogen-bond acceptors (Lipinski definition) is 15. The van der Waals surface area contributed by atoms with Gasteiger partial charge >= 0.3 is 29.8 Å². The van der Waals surface area contributed by atoms with Crippen LogP contribution in [-0.4, -0.2) is 181 Å². The minimum Gasteiger partial charge on any atom is -0.479 e. The topological polar surface area (TPSA) is 234 Å². The number of benzene rings is 2. The summed E-state index contributed by atoms with van der Waals surface area (Å²) >= 11 is 0. The molecule has 3 fully saturated rings. The van der Waals surface area contributed by atoms with Crippen LogP contribution in [0.3, 0.4) is 0 Å². The number of aliphatic carboxylic acids is 1. The predicted molar refractivity (Wildman–Crippen MR) is 299 cm³/mol. The van der Waals surface area contributed by atoms with Crippen molar-refractivity contribution in [2.45, 2.75) is 204 Å². The van der Waals surface area contributed by atoms with Crippen LogP contribution in [0.5, 0.6) is 0 Å². The Bertz CT molecular complexity index is 2500. The molecule has 2 aromatic rings. The number of alkyl halides is 2. The first-order valence-electron chi connectivity index (χ1n) is 28.7. The molecule has 2 aromatic carbocycles. The zero-order valence-electron chi connectivity index (χ0n) is 50.0. The van der Waals surface area contributed by atoms with Crippen molar-refractivity contribution in [3.63, 3.8) is 0 Å². The van der Waals surface area contributed by atoms with E-state index in [1.54, 1.807) is 33.0 Å². The Morgan fingerprint density at radius 1 is 0.610 bits per heavy atom. The summed E-state index contributed by atoms with van der Waals surface area (Å²) < 4.78 is 64.9. The summed E-state index contributed by atoms with van der Waals surface area (Å²) in [6, 6.07) is 10.5. The minimum atomic E-state index is -2.08. The van der Waals surface area contributed by atoms with Crippen LogP contribution in [0.2, 0.25) is 0 Å². The molecular formula is C61H88F2N4O15. The maximum Gasteiger partial charge on any atom is 0.345 e. The average molecular weight is 1160 g/mol. The summed E-state index contributed by atoms with van der Waals surface area (Å²) in [5.41, 5.74) is -1.51. The highest BCUT2D eigenvalue weighted by molar-refractivity contribution is 5.93. The van der Waals surface area contributed by atoms with E-state index in [4.69, 9.17) is 28.4 Å². The van der Waals surface area contributed by atoms with Gasteiger partial charge in [-0.25, -0.2) is 28.0 Å². The largest absolute Gasteiger partial charge is 0.479 e. The molecule has 3 amide bonds. The number of nitrogens with one attached hydrogen (secondary N) is 1. The molecule has 2 N–H and O–H groups in total. The van der Waals surface area contributed by atoms with E-state index >= 15 is 8.78 Å². The fourth-order valence-electron chi connectivity index (χ4n) is 10.4. The Labute approximate surface area is 481 Å². The smallest absolute Gasteiger partial charge is 0.345 e. The van der Waals surface area contributed by atoms with Gasteiger partial charge in [0.2, 0.25) is 0 Å². The van der Waals surface area contributed by atoms with Crippen LogP contribution < -0.4 is 5.32 Å². The lowest BCUT2D eigenvalue weighted by Gasteiger charge is -2.35. The molecule has 0 unspecified atom stereocenters. The normalized spacial score (nSPS) is 18.3. The van der Waals surface area contributed by atoms with E-state index < -0.39 is 120 Å². The number of hydrogen-bond donors (Lipinski definition) is 2. The second-order valence-electron chi connectivity index (χ2n) is 24.0. The number of aryl methyl sites for hydroxylation is 1. The lowest BCUT2D eigenvalue weighted by molar-refractivity contribution is -0.175. The monoisotopic (exact) mass is 1150 g/mol.